The molecule has 0 saturated heterocycles. The van der Waals surface area contributed by atoms with E-state index >= 15 is 0 Å². The maximum Gasteiger partial charge on any atom is 0.258 e. The summed E-state index contributed by atoms with van der Waals surface area (Å²) in [5.74, 6) is 2.61. The number of methoxy groups -OCH3 is 4. The predicted octanol–water partition coefficient (Wildman–Crippen LogP) is 3.85. The first kappa shape index (κ1) is 29.0. The van der Waals surface area contributed by atoms with E-state index in [1.807, 2.05) is 0 Å². The second-order valence-electron chi connectivity index (χ2n) is 7.94. The molecule has 10 heteroatoms. The van der Waals surface area contributed by atoms with Crippen LogP contribution in [0.15, 0.2) is 97.1 Å². The average molecular weight is 556 g/mol. The molecule has 0 unspecified atom stereocenters. The van der Waals surface area contributed by atoms with Crippen molar-refractivity contribution in [1.29, 1.82) is 0 Å². The van der Waals surface area contributed by atoms with Crippen molar-refractivity contribution in [3.63, 3.8) is 0 Å². The number of ether oxygens (including phenoxy) is 4. The van der Waals surface area contributed by atoms with E-state index in [0.717, 1.165) is 0 Å². The maximum absolute atomic E-state index is 12.5. The van der Waals surface area contributed by atoms with E-state index in [4.69, 9.17) is 18.9 Å². The number of hydrogen-bond donors (Lipinski definition) is 2. The largest absolute Gasteiger partial charge is 0.497 e. The van der Waals surface area contributed by atoms with Gasteiger partial charge in [-0.15, -0.1) is 0 Å². The van der Waals surface area contributed by atoms with Crippen molar-refractivity contribution in [2.24, 2.45) is 0 Å². The number of rotatable bonds is 8. The van der Waals surface area contributed by atoms with E-state index < -0.39 is 14.7 Å². The summed E-state index contributed by atoms with van der Waals surface area (Å²) in [5.41, 5.74) is 0. The maximum atomic E-state index is 12.5. The quantitative estimate of drug-likeness (QED) is 0.315. The summed E-state index contributed by atoms with van der Waals surface area (Å²) in [6, 6.07) is 26.2. The standard InChI is InChI=1S/2C14H15O4P/c2*1-17-11-3-7-13(8-4-11)19(15,16)14-9-5-12(18-2)6-10-14/h2*3-10H,1-2H3,(H,15,16). The lowest BCUT2D eigenvalue weighted by Gasteiger charge is -2.13. The molecule has 0 aliphatic carbocycles. The second-order valence-corrected chi connectivity index (χ2v) is 12.3. The van der Waals surface area contributed by atoms with Crippen LogP contribution < -0.4 is 40.2 Å². The minimum atomic E-state index is -3.57. The van der Waals surface area contributed by atoms with Gasteiger partial charge in [0, 0.05) is 21.2 Å². The molecule has 4 aromatic carbocycles. The van der Waals surface area contributed by atoms with Crippen LogP contribution in [0.25, 0.3) is 0 Å². The van der Waals surface area contributed by atoms with Crippen LogP contribution in [0.2, 0.25) is 0 Å². The first-order chi connectivity index (χ1) is 18.1. The minimum absolute atomic E-state index is 0.374. The SMILES string of the molecule is COc1ccc(P(=O)(O)c2ccc(OC)cc2)cc1.COc1ccc(P(=O)(O)c2ccc(OC)cc2)cc1. The molecule has 0 aliphatic rings. The zero-order valence-electron chi connectivity index (χ0n) is 21.5. The third kappa shape index (κ3) is 6.85. The number of benzene rings is 4. The molecular formula is C28H30O8P2. The van der Waals surface area contributed by atoms with Gasteiger partial charge in [0.2, 0.25) is 0 Å². The molecule has 0 bridgehead atoms. The smallest absolute Gasteiger partial charge is 0.258 e. The van der Waals surface area contributed by atoms with Crippen molar-refractivity contribution in [3.8, 4) is 23.0 Å². The Morgan fingerprint density at radius 2 is 0.553 bits per heavy atom. The third-order valence-electron chi connectivity index (χ3n) is 5.69. The van der Waals surface area contributed by atoms with Gasteiger partial charge < -0.3 is 28.7 Å². The molecule has 0 spiro atoms. The van der Waals surface area contributed by atoms with Crippen molar-refractivity contribution in [2.75, 3.05) is 28.4 Å². The molecule has 0 amide bonds. The van der Waals surface area contributed by atoms with Gasteiger partial charge in [-0.05, 0) is 97.1 Å². The van der Waals surface area contributed by atoms with Crippen molar-refractivity contribution in [2.45, 2.75) is 0 Å². The highest BCUT2D eigenvalue weighted by Crippen LogP contribution is 2.39. The van der Waals surface area contributed by atoms with E-state index in [0.29, 0.717) is 44.2 Å². The van der Waals surface area contributed by atoms with Gasteiger partial charge in [-0.25, -0.2) is 0 Å². The molecule has 0 saturated carbocycles. The van der Waals surface area contributed by atoms with Gasteiger partial charge >= 0.3 is 0 Å². The lowest BCUT2D eigenvalue weighted by Crippen LogP contribution is -2.15. The molecule has 8 nitrogen and oxygen atoms in total. The van der Waals surface area contributed by atoms with Gasteiger partial charge in [0.25, 0.3) is 14.7 Å². The van der Waals surface area contributed by atoms with E-state index in [9.17, 15) is 18.9 Å². The summed E-state index contributed by atoms with van der Waals surface area (Å²) in [6.45, 7) is 0. The monoisotopic (exact) mass is 556 g/mol. The first-order valence-corrected chi connectivity index (χ1v) is 14.7. The summed E-state index contributed by atoms with van der Waals surface area (Å²) in [6.07, 6.45) is 0. The molecule has 0 aliphatic heterocycles. The van der Waals surface area contributed by atoms with Crippen LogP contribution in [0.5, 0.6) is 23.0 Å². The van der Waals surface area contributed by atoms with E-state index in [2.05, 4.69) is 0 Å². The summed E-state index contributed by atoms with van der Waals surface area (Å²) >= 11 is 0. The average Bonchev–Trinajstić information content (AvgIpc) is 2.97. The summed E-state index contributed by atoms with van der Waals surface area (Å²) in [7, 11) is -0.928. The Hall–Kier alpha value is -3.54. The Balaban J connectivity index is 0.000000211. The Labute approximate surface area is 222 Å². The van der Waals surface area contributed by atoms with Crippen LogP contribution in [0.4, 0.5) is 0 Å². The molecule has 0 atom stereocenters. The highest BCUT2D eigenvalue weighted by molar-refractivity contribution is 7.73. The normalized spacial score (nSPS) is 11.1. The number of hydrogen-bond acceptors (Lipinski definition) is 6. The molecule has 2 N–H and O–H groups in total. The Bertz CT molecular complexity index is 1190. The molecule has 38 heavy (non-hydrogen) atoms. The molecule has 4 aromatic rings. The molecule has 0 heterocycles. The summed E-state index contributed by atoms with van der Waals surface area (Å²) in [5, 5.41) is 1.49. The van der Waals surface area contributed by atoms with Gasteiger partial charge in [0.1, 0.15) is 23.0 Å². The van der Waals surface area contributed by atoms with Crippen LogP contribution >= 0.6 is 14.7 Å². The van der Waals surface area contributed by atoms with Gasteiger partial charge in [0.05, 0.1) is 28.4 Å². The first-order valence-electron chi connectivity index (χ1n) is 11.4. The second kappa shape index (κ2) is 12.8. The van der Waals surface area contributed by atoms with Crippen LogP contribution in [0, 0.1) is 0 Å². The highest BCUT2D eigenvalue weighted by Gasteiger charge is 2.25. The van der Waals surface area contributed by atoms with E-state index in [1.165, 1.54) is 0 Å². The highest BCUT2D eigenvalue weighted by atomic mass is 31.2. The fourth-order valence-corrected chi connectivity index (χ4v) is 6.24. The zero-order valence-corrected chi connectivity index (χ0v) is 23.3. The van der Waals surface area contributed by atoms with Crippen molar-refractivity contribution >= 4 is 36.0 Å². The third-order valence-corrected chi connectivity index (χ3v) is 9.68. The Morgan fingerprint density at radius 1 is 0.395 bits per heavy atom. The van der Waals surface area contributed by atoms with Crippen molar-refractivity contribution < 1.29 is 37.9 Å². The molecular weight excluding hydrogens is 526 g/mol. The predicted molar refractivity (Wildman–Crippen MR) is 150 cm³/mol. The van der Waals surface area contributed by atoms with E-state index in [1.54, 1.807) is 126 Å². The van der Waals surface area contributed by atoms with Crippen LogP contribution in [0.1, 0.15) is 0 Å². The molecule has 200 valence electrons. The lowest BCUT2D eigenvalue weighted by atomic mass is 10.3. The summed E-state index contributed by atoms with van der Waals surface area (Å²) < 4.78 is 45.1. The Kier molecular flexibility index (Phi) is 9.78. The van der Waals surface area contributed by atoms with Crippen LogP contribution in [-0.2, 0) is 9.13 Å². The van der Waals surface area contributed by atoms with Gasteiger partial charge in [-0.3, -0.25) is 9.13 Å². The molecule has 0 aromatic heterocycles. The van der Waals surface area contributed by atoms with Crippen LogP contribution in [0.3, 0.4) is 0 Å². The van der Waals surface area contributed by atoms with Gasteiger partial charge in [-0.1, -0.05) is 0 Å². The van der Waals surface area contributed by atoms with Gasteiger partial charge in [0.15, 0.2) is 0 Å². The Morgan fingerprint density at radius 3 is 0.684 bits per heavy atom. The zero-order chi connectivity index (χ0) is 27.8. The van der Waals surface area contributed by atoms with Crippen molar-refractivity contribution in [3.05, 3.63) is 97.1 Å². The lowest BCUT2D eigenvalue weighted by molar-refractivity contribution is 0.414. The fraction of sp³-hybridized carbons (Fsp3) is 0.143. The molecule has 4 rings (SSSR count). The fourth-order valence-electron chi connectivity index (χ4n) is 3.44. The summed E-state index contributed by atoms with van der Waals surface area (Å²) in [4.78, 5) is 20.5. The van der Waals surface area contributed by atoms with Gasteiger partial charge in [-0.2, -0.15) is 0 Å². The molecule has 0 fully saturated rings. The minimum Gasteiger partial charge on any atom is -0.497 e. The van der Waals surface area contributed by atoms with Crippen LogP contribution in [-0.4, -0.2) is 38.2 Å². The molecule has 0 radical (unpaired) electrons. The van der Waals surface area contributed by atoms with Crippen molar-refractivity contribution in [1.82, 2.24) is 0 Å². The topological polar surface area (TPSA) is 112 Å². The van der Waals surface area contributed by atoms with E-state index in [-0.39, 0.29) is 0 Å².